The second-order valence-corrected chi connectivity index (χ2v) is 5.03. The lowest BCUT2D eigenvalue weighted by Crippen LogP contribution is -2.17. The first-order chi connectivity index (χ1) is 8.69. The van der Waals surface area contributed by atoms with Crippen molar-refractivity contribution in [2.24, 2.45) is 0 Å². The molecule has 0 bridgehead atoms. The Morgan fingerprint density at radius 2 is 2.00 bits per heavy atom. The second kappa shape index (κ2) is 5.87. The minimum absolute atomic E-state index is 0.833. The highest BCUT2D eigenvalue weighted by molar-refractivity contribution is 9.10. The molecule has 0 saturated carbocycles. The maximum absolute atomic E-state index is 4.51. The van der Waals surface area contributed by atoms with Crippen LogP contribution in [0.25, 0.3) is 0 Å². The minimum Gasteiger partial charge on any atom is -0.373 e. The van der Waals surface area contributed by atoms with Gasteiger partial charge >= 0.3 is 0 Å². The predicted octanol–water partition coefficient (Wildman–Crippen LogP) is 3.52. The molecule has 0 radical (unpaired) electrons. The van der Waals surface area contributed by atoms with E-state index in [9.17, 15) is 0 Å². The molecular formula is C14H16BrN3. The van der Waals surface area contributed by atoms with Gasteiger partial charge < -0.3 is 10.2 Å². The van der Waals surface area contributed by atoms with Gasteiger partial charge in [0, 0.05) is 25.1 Å². The van der Waals surface area contributed by atoms with Crippen LogP contribution in [-0.4, -0.2) is 19.1 Å². The van der Waals surface area contributed by atoms with Crippen molar-refractivity contribution in [3.05, 3.63) is 52.5 Å². The summed E-state index contributed by atoms with van der Waals surface area (Å²) in [6.07, 6.45) is 0. The molecule has 0 aliphatic carbocycles. The monoisotopic (exact) mass is 305 g/mol. The van der Waals surface area contributed by atoms with Crippen molar-refractivity contribution < 1.29 is 0 Å². The van der Waals surface area contributed by atoms with E-state index in [2.05, 4.69) is 43.3 Å². The van der Waals surface area contributed by atoms with E-state index >= 15 is 0 Å². The quantitative estimate of drug-likeness (QED) is 0.937. The highest BCUT2D eigenvalue weighted by Gasteiger charge is 2.04. The summed E-state index contributed by atoms with van der Waals surface area (Å²) in [6.45, 7) is 0.833. The van der Waals surface area contributed by atoms with Gasteiger partial charge in [0.05, 0.1) is 0 Å². The Hall–Kier alpha value is -1.55. The average molecular weight is 306 g/mol. The van der Waals surface area contributed by atoms with Crippen LogP contribution in [0.4, 0.5) is 11.6 Å². The van der Waals surface area contributed by atoms with Crippen LogP contribution in [0.15, 0.2) is 46.9 Å². The average Bonchev–Trinajstić information content (AvgIpc) is 2.39. The van der Waals surface area contributed by atoms with E-state index in [-0.39, 0.29) is 0 Å². The molecule has 2 rings (SSSR count). The highest BCUT2D eigenvalue weighted by atomic mass is 79.9. The van der Waals surface area contributed by atoms with Crippen LogP contribution in [-0.2, 0) is 6.54 Å². The summed E-state index contributed by atoms with van der Waals surface area (Å²) in [4.78, 5) is 6.64. The number of anilines is 2. The van der Waals surface area contributed by atoms with Crippen LogP contribution >= 0.6 is 15.9 Å². The molecule has 4 heteroatoms. The first-order valence-corrected chi connectivity index (χ1v) is 6.59. The van der Waals surface area contributed by atoms with Crippen LogP contribution in [0.1, 0.15) is 5.56 Å². The zero-order chi connectivity index (χ0) is 13.0. The molecule has 0 aliphatic rings. The van der Waals surface area contributed by atoms with Gasteiger partial charge in [0.1, 0.15) is 11.6 Å². The Labute approximate surface area is 116 Å². The third kappa shape index (κ3) is 3.23. The van der Waals surface area contributed by atoms with Crippen LogP contribution in [0, 0.1) is 0 Å². The van der Waals surface area contributed by atoms with Gasteiger partial charge in [0.15, 0.2) is 0 Å². The van der Waals surface area contributed by atoms with Gasteiger partial charge in [-0.2, -0.15) is 0 Å². The fourth-order valence-corrected chi connectivity index (χ4v) is 2.21. The zero-order valence-electron chi connectivity index (χ0n) is 10.5. The first kappa shape index (κ1) is 12.9. The van der Waals surface area contributed by atoms with Crippen molar-refractivity contribution >= 4 is 27.6 Å². The van der Waals surface area contributed by atoms with E-state index in [1.165, 1.54) is 5.56 Å². The Morgan fingerprint density at radius 3 is 2.72 bits per heavy atom. The predicted molar refractivity (Wildman–Crippen MR) is 80.0 cm³/mol. The highest BCUT2D eigenvalue weighted by Crippen LogP contribution is 2.17. The van der Waals surface area contributed by atoms with Crippen molar-refractivity contribution in [1.82, 2.24) is 4.98 Å². The number of benzene rings is 1. The number of rotatable bonds is 4. The molecule has 1 aromatic heterocycles. The Kier molecular flexibility index (Phi) is 4.20. The summed E-state index contributed by atoms with van der Waals surface area (Å²) in [6, 6.07) is 14.3. The maximum atomic E-state index is 4.51. The van der Waals surface area contributed by atoms with Crippen molar-refractivity contribution in [3.8, 4) is 0 Å². The lowest BCUT2D eigenvalue weighted by atomic mass is 10.2. The van der Waals surface area contributed by atoms with E-state index in [1.54, 1.807) is 0 Å². The molecule has 18 heavy (non-hydrogen) atoms. The molecular weight excluding hydrogens is 290 g/mol. The topological polar surface area (TPSA) is 28.2 Å². The number of pyridine rings is 1. The molecule has 94 valence electrons. The molecule has 0 fully saturated rings. The van der Waals surface area contributed by atoms with E-state index in [0.29, 0.717) is 0 Å². The van der Waals surface area contributed by atoms with Gasteiger partial charge in [-0.1, -0.05) is 34.1 Å². The third-order valence-electron chi connectivity index (χ3n) is 2.69. The molecule has 1 heterocycles. The largest absolute Gasteiger partial charge is 0.373 e. The van der Waals surface area contributed by atoms with Crippen molar-refractivity contribution in [2.75, 3.05) is 24.3 Å². The van der Waals surface area contributed by atoms with Crippen LogP contribution < -0.4 is 10.2 Å². The number of hydrogen-bond donors (Lipinski definition) is 1. The summed E-state index contributed by atoms with van der Waals surface area (Å²) in [7, 11) is 3.92. The SMILES string of the molecule is CNc1cccc(N(C)Cc2cccc(Br)c2)n1. The third-order valence-corrected chi connectivity index (χ3v) is 3.18. The summed E-state index contributed by atoms with van der Waals surface area (Å²) in [5.41, 5.74) is 1.25. The van der Waals surface area contributed by atoms with Crippen LogP contribution in [0.3, 0.4) is 0 Å². The fraction of sp³-hybridized carbons (Fsp3) is 0.214. The molecule has 0 saturated heterocycles. The van der Waals surface area contributed by atoms with Gasteiger partial charge in [-0.25, -0.2) is 4.98 Å². The first-order valence-electron chi connectivity index (χ1n) is 5.79. The number of halogens is 1. The molecule has 1 N–H and O–H groups in total. The summed E-state index contributed by atoms with van der Waals surface area (Å²) in [5, 5.41) is 3.05. The molecule has 0 atom stereocenters. The lowest BCUT2D eigenvalue weighted by Gasteiger charge is -2.19. The van der Waals surface area contributed by atoms with Crippen molar-refractivity contribution in [3.63, 3.8) is 0 Å². The summed E-state index contributed by atoms with van der Waals surface area (Å²) >= 11 is 3.49. The number of nitrogens with zero attached hydrogens (tertiary/aromatic N) is 2. The normalized spacial score (nSPS) is 10.2. The Balaban J connectivity index is 2.13. The van der Waals surface area contributed by atoms with Crippen molar-refractivity contribution in [1.29, 1.82) is 0 Å². The minimum atomic E-state index is 0.833. The van der Waals surface area contributed by atoms with Gasteiger partial charge in [0.25, 0.3) is 0 Å². The molecule has 0 amide bonds. The van der Waals surface area contributed by atoms with E-state index in [1.807, 2.05) is 44.4 Å². The number of hydrogen-bond acceptors (Lipinski definition) is 3. The van der Waals surface area contributed by atoms with E-state index < -0.39 is 0 Å². The van der Waals surface area contributed by atoms with Gasteiger partial charge in [-0.15, -0.1) is 0 Å². The van der Waals surface area contributed by atoms with Crippen molar-refractivity contribution in [2.45, 2.75) is 6.54 Å². The van der Waals surface area contributed by atoms with Gasteiger partial charge in [0.2, 0.25) is 0 Å². The Morgan fingerprint density at radius 1 is 1.22 bits per heavy atom. The van der Waals surface area contributed by atoms with E-state index in [4.69, 9.17) is 0 Å². The summed E-state index contributed by atoms with van der Waals surface area (Å²) in [5.74, 6) is 1.84. The van der Waals surface area contributed by atoms with Gasteiger partial charge in [-0.3, -0.25) is 0 Å². The summed E-state index contributed by atoms with van der Waals surface area (Å²) < 4.78 is 1.10. The maximum Gasteiger partial charge on any atom is 0.130 e. The number of aromatic nitrogens is 1. The standard InChI is InChI=1S/C14H16BrN3/c1-16-13-7-4-8-14(17-13)18(2)10-11-5-3-6-12(15)9-11/h3-9H,10H2,1-2H3,(H,16,17). The Bertz CT molecular complexity index is 528. The van der Waals surface area contributed by atoms with Gasteiger partial charge in [-0.05, 0) is 29.8 Å². The molecule has 2 aromatic rings. The van der Waals surface area contributed by atoms with E-state index in [0.717, 1.165) is 22.7 Å². The molecule has 0 aliphatic heterocycles. The lowest BCUT2D eigenvalue weighted by molar-refractivity contribution is 0.898. The molecule has 0 spiro atoms. The smallest absolute Gasteiger partial charge is 0.130 e. The molecule has 0 unspecified atom stereocenters. The molecule has 1 aromatic carbocycles. The van der Waals surface area contributed by atoms with Crippen LogP contribution in [0.2, 0.25) is 0 Å². The fourth-order valence-electron chi connectivity index (χ4n) is 1.77. The zero-order valence-corrected chi connectivity index (χ0v) is 12.1. The van der Waals surface area contributed by atoms with Crippen LogP contribution in [0.5, 0.6) is 0 Å². The number of nitrogens with one attached hydrogen (secondary N) is 1. The second-order valence-electron chi connectivity index (χ2n) is 4.12. The molecule has 3 nitrogen and oxygen atoms in total.